The van der Waals surface area contributed by atoms with Gasteiger partial charge in [0.05, 0.1) is 5.69 Å². The molecule has 1 aliphatic rings. The Balaban J connectivity index is 1.90. The molecule has 82 valence electrons. The molecule has 1 N–H and O–H groups in total. The second kappa shape index (κ2) is 4.31. The number of hydrogen-bond donors (Lipinski definition) is 1. The molecule has 0 unspecified atom stereocenters. The van der Waals surface area contributed by atoms with E-state index in [0.29, 0.717) is 5.54 Å². The van der Waals surface area contributed by atoms with Crippen molar-refractivity contribution in [1.29, 1.82) is 0 Å². The van der Waals surface area contributed by atoms with Crippen LogP contribution in [0, 0.1) is 6.92 Å². The summed E-state index contributed by atoms with van der Waals surface area (Å²) in [5.41, 5.74) is 2.73. The van der Waals surface area contributed by atoms with E-state index in [0.717, 1.165) is 12.2 Å². The first kappa shape index (κ1) is 10.6. The summed E-state index contributed by atoms with van der Waals surface area (Å²) in [6.45, 7) is 5.30. The van der Waals surface area contributed by atoms with Crippen LogP contribution in [-0.4, -0.2) is 10.5 Å². The molecule has 0 amide bonds. The zero-order valence-corrected chi connectivity index (χ0v) is 9.71. The van der Waals surface area contributed by atoms with Crippen LogP contribution in [0.25, 0.3) is 0 Å². The van der Waals surface area contributed by atoms with Crippen LogP contribution >= 0.6 is 0 Å². The predicted octanol–water partition coefficient (Wildman–Crippen LogP) is 2.81. The molecular formula is C13H20N2. The quantitative estimate of drug-likeness (QED) is 0.819. The molecule has 0 spiro atoms. The van der Waals surface area contributed by atoms with Gasteiger partial charge in [-0.05, 0) is 38.3 Å². The average molecular weight is 204 g/mol. The van der Waals surface area contributed by atoms with Crippen molar-refractivity contribution in [3.8, 4) is 0 Å². The van der Waals surface area contributed by atoms with Crippen molar-refractivity contribution in [2.75, 3.05) is 0 Å². The number of aryl methyl sites for hydroxylation is 1. The van der Waals surface area contributed by atoms with Gasteiger partial charge in [-0.15, -0.1) is 0 Å². The van der Waals surface area contributed by atoms with E-state index in [1.54, 1.807) is 0 Å². The third-order valence-electron chi connectivity index (χ3n) is 3.38. The topological polar surface area (TPSA) is 24.9 Å². The SMILES string of the molecule is Cc1ccc(CNC2(C)CCCC2)nc1. The summed E-state index contributed by atoms with van der Waals surface area (Å²) in [5.74, 6) is 0. The lowest BCUT2D eigenvalue weighted by Crippen LogP contribution is -2.38. The summed E-state index contributed by atoms with van der Waals surface area (Å²) >= 11 is 0. The Kier molecular flexibility index (Phi) is 3.06. The van der Waals surface area contributed by atoms with Gasteiger partial charge in [0, 0.05) is 18.3 Å². The van der Waals surface area contributed by atoms with E-state index in [4.69, 9.17) is 0 Å². The Bertz CT molecular complexity index is 310. The van der Waals surface area contributed by atoms with Crippen molar-refractivity contribution in [2.24, 2.45) is 0 Å². The molecular weight excluding hydrogens is 184 g/mol. The maximum Gasteiger partial charge on any atom is 0.0542 e. The number of aromatic nitrogens is 1. The van der Waals surface area contributed by atoms with Crippen molar-refractivity contribution >= 4 is 0 Å². The number of nitrogens with zero attached hydrogens (tertiary/aromatic N) is 1. The number of hydrogen-bond acceptors (Lipinski definition) is 2. The van der Waals surface area contributed by atoms with E-state index in [9.17, 15) is 0 Å². The van der Waals surface area contributed by atoms with Crippen molar-refractivity contribution in [3.63, 3.8) is 0 Å². The van der Waals surface area contributed by atoms with E-state index < -0.39 is 0 Å². The highest BCUT2D eigenvalue weighted by Crippen LogP contribution is 2.28. The fraction of sp³-hybridized carbons (Fsp3) is 0.615. The fourth-order valence-electron chi connectivity index (χ4n) is 2.24. The third-order valence-corrected chi connectivity index (χ3v) is 3.38. The Morgan fingerprint density at radius 1 is 1.33 bits per heavy atom. The van der Waals surface area contributed by atoms with Gasteiger partial charge in [-0.2, -0.15) is 0 Å². The van der Waals surface area contributed by atoms with Gasteiger partial charge in [0.1, 0.15) is 0 Å². The van der Waals surface area contributed by atoms with Crippen LogP contribution in [-0.2, 0) is 6.54 Å². The zero-order chi connectivity index (χ0) is 10.7. The Labute approximate surface area is 92.1 Å². The number of nitrogens with one attached hydrogen (secondary N) is 1. The lowest BCUT2D eigenvalue weighted by molar-refractivity contribution is 0.360. The van der Waals surface area contributed by atoms with Crippen LogP contribution in [0.15, 0.2) is 18.3 Å². The fourth-order valence-corrected chi connectivity index (χ4v) is 2.24. The maximum absolute atomic E-state index is 4.41. The zero-order valence-electron chi connectivity index (χ0n) is 9.71. The second-order valence-electron chi connectivity index (χ2n) is 4.95. The molecule has 0 saturated heterocycles. The van der Waals surface area contributed by atoms with Gasteiger partial charge in [-0.25, -0.2) is 0 Å². The van der Waals surface area contributed by atoms with Gasteiger partial charge in [0.2, 0.25) is 0 Å². The molecule has 0 bridgehead atoms. The first-order chi connectivity index (χ1) is 7.18. The largest absolute Gasteiger partial charge is 0.306 e. The lowest BCUT2D eigenvalue weighted by atomic mass is 10.0. The summed E-state index contributed by atoms with van der Waals surface area (Å²) in [4.78, 5) is 4.41. The molecule has 2 heteroatoms. The molecule has 1 fully saturated rings. The van der Waals surface area contributed by atoms with Gasteiger partial charge in [0.15, 0.2) is 0 Å². The highest BCUT2D eigenvalue weighted by atomic mass is 15.0. The number of rotatable bonds is 3. The summed E-state index contributed by atoms with van der Waals surface area (Å²) in [7, 11) is 0. The standard InChI is InChI=1S/C13H20N2/c1-11-5-6-12(14-9-11)10-15-13(2)7-3-4-8-13/h5-6,9,15H,3-4,7-8,10H2,1-2H3. The summed E-state index contributed by atoms with van der Waals surface area (Å²) in [6, 6.07) is 4.24. The molecule has 2 nitrogen and oxygen atoms in total. The first-order valence-electron chi connectivity index (χ1n) is 5.85. The minimum Gasteiger partial charge on any atom is -0.306 e. The van der Waals surface area contributed by atoms with E-state index >= 15 is 0 Å². The molecule has 2 rings (SSSR count). The van der Waals surface area contributed by atoms with Crippen molar-refractivity contribution in [1.82, 2.24) is 10.3 Å². The molecule has 1 saturated carbocycles. The van der Waals surface area contributed by atoms with Crippen molar-refractivity contribution in [2.45, 2.75) is 51.6 Å². The highest BCUT2D eigenvalue weighted by molar-refractivity contribution is 5.12. The van der Waals surface area contributed by atoms with E-state index in [1.165, 1.54) is 31.2 Å². The second-order valence-corrected chi connectivity index (χ2v) is 4.95. The van der Waals surface area contributed by atoms with Crippen LogP contribution in [0.5, 0.6) is 0 Å². The van der Waals surface area contributed by atoms with Crippen LogP contribution in [0.4, 0.5) is 0 Å². The normalized spacial score (nSPS) is 19.3. The molecule has 1 aliphatic carbocycles. The van der Waals surface area contributed by atoms with Crippen LogP contribution < -0.4 is 5.32 Å². The molecule has 1 aromatic heterocycles. The average Bonchev–Trinajstić information content (AvgIpc) is 2.65. The van der Waals surface area contributed by atoms with Gasteiger partial charge >= 0.3 is 0 Å². The Hall–Kier alpha value is -0.890. The first-order valence-corrected chi connectivity index (χ1v) is 5.85. The molecule has 15 heavy (non-hydrogen) atoms. The van der Waals surface area contributed by atoms with Gasteiger partial charge in [0.25, 0.3) is 0 Å². The molecule has 0 radical (unpaired) electrons. The molecule has 1 aromatic rings. The Morgan fingerprint density at radius 3 is 2.67 bits per heavy atom. The minimum absolute atomic E-state index is 0.354. The van der Waals surface area contributed by atoms with Gasteiger partial charge in [-0.3, -0.25) is 4.98 Å². The van der Waals surface area contributed by atoms with Crippen LogP contribution in [0.1, 0.15) is 43.9 Å². The lowest BCUT2D eigenvalue weighted by Gasteiger charge is -2.25. The third kappa shape index (κ3) is 2.78. The van der Waals surface area contributed by atoms with Crippen LogP contribution in [0.3, 0.4) is 0 Å². The smallest absolute Gasteiger partial charge is 0.0542 e. The maximum atomic E-state index is 4.41. The van der Waals surface area contributed by atoms with Gasteiger partial charge < -0.3 is 5.32 Å². The Morgan fingerprint density at radius 2 is 2.07 bits per heavy atom. The highest BCUT2D eigenvalue weighted by Gasteiger charge is 2.27. The van der Waals surface area contributed by atoms with E-state index in [1.807, 2.05) is 6.20 Å². The summed E-state index contributed by atoms with van der Waals surface area (Å²) in [5, 5.41) is 3.63. The molecule has 0 atom stereocenters. The molecule has 1 heterocycles. The van der Waals surface area contributed by atoms with Crippen LogP contribution in [0.2, 0.25) is 0 Å². The van der Waals surface area contributed by atoms with Crippen molar-refractivity contribution < 1.29 is 0 Å². The minimum atomic E-state index is 0.354. The van der Waals surface area contributed by atoms with E-state index in [-0.39, 0.29) is 0 Å². The summed E-state index contributed by atoms with van der Waals surface area (Å²) in [6.07, 6.45) is 7.28. The predicted molar refractivity (Wildman–Crippen MR) is 62.7 cm³/mol. The molecule has 0 aromatic carbocycles. The monoisotopic (exact) mass is 204 g/mol. The summed E-state index contributed by atoms with van der Waals surface area (Å²) < 4.78 is 0. The van der Waals surface area contributed by atoms with Crippen molar-refractivity contribution in [3.05, 3.63) is 29.6 Å². The number of pyridine rings is 1. The van der Waals surface area contributed by atoms with E-state index in [2.05, 4.69) is 36.3 Å². The molecule has 0 aliphatic heterocycles. The van der Waals surface area contributed by atoms with Gasteiger partial charge in [-0.1, -0.05) is 18.9 Å².